The second-order valence-corrected chi connectivity index (χ2v) is 7.94. The Morgan fingerprint density at radius 1 is 0.862 bits per heavy atom. The van der Waals surface area contributed by atoms with E-state index in [0.29, 0.717) is 0 Å². The molecule has 1 heterocycles. The molecule has 2 N–H and O–H groups in total. The number of nitrogens with one attached hydrogen (secondary N) is 2. The van der Waals surface area contributed by atoms with Crippen molar-refractivity contribution in [2.75, 3.05) is 5.32 Å². The lowest BCUT2D eigenvalue weighted by Crippen LogP contribution is -2.22. The molecule has 1 aromatic heterocycles. The summed E-state index contributed by atoms with van der Waals surface area (Å²) in [5.74, 6) is -0.0554. The maximum Gasteiger partial charge on any atom is 0.237 e. The summed E-state index contributed by atoms with van der Waals surface area (Å²) in [6.07, 6.45) is 0. The number of amides is 1. The van der Waals surface area contributed by atoms with Crippen LogP contribution in [0.5, 0.6) is 0 Å². The largest absolute Gasteiger partial charge is 0.332 e. The van der Waals surface area contributed by atoms with Crippen molar-refractivity contribution < 1.29 is 4.79 Å². The molecular formula is C24H21N3OS. The van der Waals surface area contributed by atoms with Crippen LogP contribution in [0.15, 0.2) is 96.2 Å². The highest BCUT2D eigenvalue weighted by molar-refractivity contribution is 8.00. The second kappa shape index (κ2) is 8.80. The number of nitrogens with zero attached hydrogens (tertiary/aromatic N) is 1. The van der Waals surface area contributed by atoms with Gasteiger partial charge in [0.2, 0.25) is 5.91 Å². The lowest BCUT2D eigenvalue weighted by atomic mass is 10.1. The molecule has 0 radical (unpaired) electrons. The molecule has 3 aromatic carbocycles. The van der Waals surface area contributed by atoms with Gasteiger partial charge in [-0.2, -0.15) is 0 Å². The first-order valence-corrected chi connectivity index (χ1v) is 10.3. The molecule has 1 amide bonds. The van der Waals surface area contributed by atoms with Crippen LogP contribution in [0, 0.1) is 0 Å². The molecule has 5 heteroatoms. The standard InChI is InChI=1S/C24H21N3OS/c1-17(23(28)25-20-15-9-4-10-16-20)29-24-26-21(18-11-5-2-6-12-18)22(27-24)19-13-7-3-8-14-19/h2-17H,1H3,(H,25,28)(H,26,27). The summed E-state index contributed by atoms with van der Waals surface area (Å²) in [6.45, 7) is 1.88. The maximum absolute atomic E-state index is 12.6. The number of anilines is 1. The molecule has 0 aliphatic rings. The minimum atomic E-state index is -0.298. The lowest BCUT2D eigenvalue weighted by molar-refractivity contribution is -0.115. The van der Waals surface area contributed by atoms with Gasteiger partial charge in [-0.1, -0.05) is 90.6 Å². The molecule has 0 saturated carbocycles. The smallest absolute Gasteiger partial charge is 0.237 e. The van der Waals surface area contributed by atoms with Gasteiger partial charge < -0.3 is 10.3 Å². The number of thioether (sulfide) groups is 1. The third-order valence-corrected chi connectivity index (χ3v) is 5.47. The average molecular weight is 400 g/mol. The SMILES string of the molecule is CC(Sc1nc(-c2ccccc2)c(-c2ccccc2)[nH]1)C(=O)Nc1ccccc1. The van der Waals surface area contributed by atoms with Crippen molar-refractivity contribution in [2.45, 2.75) is 17.3 Å². The molecule has 1 unspecified atom stereocenters. The molecule has 0 fully saturated rings. The van der Waals surface area contributed by atoms with E-state index >= 15 is 0 Å². The number of aromatic nitrogens is 2. The minimum Gasteiger partial charge on any atom is -0.332 e. The van der Waals surface area contributed by atoms with Crippen molar-refractivity contribution in [3.63, 3.8) is 0 Å². The summed E-state index contributed by atoms with van der Waals surface area (Å²) >= 11 is 1.42. The summed E-state index contributed by atoms with van der Waals surface area (Å²) < 4.78 is 0. The zero-order chi connectivity index (χ0) is 20.1. The molecule has 0 aliphatic heterocycles. The van der Waals surface area contributed by atoms with Crippen LogP contribution in [0.4, 0.5) is 5.69 Å². The van der Waals surface area contributed by atoms with Crippen molar-refractivity contribution in [3.05, 3.63) is 91.0 Å². The van der Waals surface area contributed by atoms with E-state index in [9.17, 15) is 4.79 Å². The molecule has 0 spiro atoms. The molecule has 144 valence electrons. The van der Waals surface area contributed by atoms with Crippen molar-refractivity contribution in [2.24, 2.45) is 0 Å². The quantitative estimate of drug-likeness (QED) is 0.399. The Labute approximate surface area is 174 Å². The number of benzene rings is 3. The van der Waals surface area contributed by atoms with E-state index < -0.39 is 0 Å². The van der Waals surface area contributed by atoms with E-state index in [1.165, 1.54) is 11.8 Å². The molecule has 1 atom stereocenters. The molecule has 4 nitrogen and oxygen atoms in total. The Balaban J connectivity index is 1.59. The summed E-state index contributed by atoms with van der Waals surface area (Å²) in [7, 11) is 0. The van der Waals surface area contributed by atoms with E-state index in [-0.39, 0.29) is 11.2 Å². The van der Waals surface area contributed by atoms with Gasteiger partial charge in [-0.05, 0) is 19.1 Å². The number of para-hydroxylation sites is 1. The molecule has 29 heavy (non-hydrogen) atoms. The number of hydrogen-bond acceptors (Lipinski definition) is 3. The first kappa shape index (κ1) is 19.0. The molecule has 0 bridgehead atoms. The van der Waals surface area contributed by atoms with Gasteiger partial charge in [-0.3, -0.25) is 4.79 Å². The topological polar surface area (TPSA) is 57.8 Å². The van der Waals surface area contributed by atoms with E-state index in [1.54, 1.807) is 0 Å². The van der Waals surface area contributed by atoms with Crippen LogP contribution in [0.25, 0.3) is 22.5 Å². The summed E-state index contributed by atoms with van der Waals surface area (Å²) in [4.78, 5) is 20.8. The van der Waals surface area contributed by atoms with Crippen LogP contribution < -0.4 is 5.32 Å². The fourth-order valence-corrected chi connectivity index (χ4v) is 3.82. The molecule has 4 aromatic rings. The van der Waals surface area contributed by atoms with Crippen molar-refractivity contribution in [1.82, 2.24) is 9.97 Å². The Morgan fingerprint density at radius 2 is 1.41 bits per heavy atom. The van der Waals surface area contributed by atoms with E-state index in [0.717, 1.165) is 33.4 Å². The number of hydrogen-bond donors (Lipinski definition) is 2. The average Bonchev–Trinajstić information content (AvgIpc) is 3.19. The van der Waals surface area contributed by atoms with E-state index in [1.807, 2.05) is 85.8 Å². The first-order valence-electron chi connectivity index (χ1n) is 9.44. The van der Waals surface area contributed by atoms with Crippen LogP contribution in [0.3, 0.4) is 0 Å². The Hall–Kier alpha value is -3.31. The minimum absolute atomic E-state index is 0.0554. The fourth-order valence-electron chi connectivity index (χ4n) is 3.01. The Kier molecular flexibility index (Phi) is 5.77. The van der Waals surface area contributed by atoms with Gasteiger partial charge in [-0.25, -0.2) is 4.98 Å². The number of imidazole rings is 1. The second-order valence-electron chi connectivity index (χ2n) is 6.61. The summed E-state index contributed by atoms with van der Waals surface area (Å²) in [6, 6.07) is 29.7. The van der Waals surface area contributed by atoms with Crippen LogP contribution in [-0.2, 0) is 4.79 Å². The van der Waals surface area contributed by atoms with Crippen LogP contribution >= 0.6 is 11.8 Å². The van der Waals surface area contributed by atoms with Gasteiger partial charge in [0.25, 0.3) is 0 Å². The van der Waals surface area contributed by atoms with E-state index in [2.05, 4.69) is 22.4 Å². The van der Waals surface area contributed by atoms with Crippen LogP contribution in [0.2, 0.25) is 0 Å². The highest BCUT2D eigenvalue weighted by Gasteiger charge is 2.19. The summed E-state index contributed by atoms with van der Waals surface area (Å²) in [5.41, 5.74) is 4.73. The third kappa shape index (κ3) is 4.58. The normalized spacial score (nSPS) is 11.8. The monoisotopic (exact) mass is 399 g/mol. The molecule has 4 rings (SSSR count). The van der Waals surface area contributed by atoms with Gasteiger partial charge in [0.05, 0.1) is 16.6 Å². The van der Waals surface area contributed by atoms with Gasteiger partial charge in [0, 0.05) is 16.8 Å². The number of carbonyl (C=O) groups excluding carboxylic acids is 1. The lowest BCUT2D eigenvalue weighted by Gasteiger charge is -2.10. The van der Waals surface area contributed by atoms with Crippen molar-refractivity contribution in [3.8, 4) is 22.5 Å². The number of rotatable bonds is 6. The van der Waals surface area contributed by atoms with Gasteiger partial charge in [-0.15, -0.1) is 0 Å². The third-order valence-electron chi connectivity index (χ3n) is 4.49. The zero-order valence-electron chi connectivity index (χ0n) is 16.0. The molecular weight excluding hydrogens is 378 g/mol. The highest BCUT2D eigenvalue weighted by atomic mass is 32.2. The molecule has 0 saturated heterocycles. The first-order chi connectivity index (χ1) is 14.2. The number of aromatic amines is 1. The predicted octanol–water partition coefficient (Wildman–Crippen LogP) is 5.86. The predicted molar refractivity (Wildman–Crippen MR) is 120 cm³/mol. The summed E-state index contributed by atoms with van der Waals surface area (Å²) in [5, 5.41) is 3.37. The van der Waals surface area contributed by atoms with Gasteiger partial charge >= 0.3 is 0 Å². The Morgan fingerprint density at radius 3 is 2.03 bits per heavy atom. The van der Waals surface area contributed by atoms with Crippen LogP contribution in [0.1, 0.15) is 6.92 Å². The zero-order valence-corrected chi connectivity index (χ0v) is 16.8. The number of H-pyrrole nitrogens is 1. The highest BCUT2D eigenvalue weighted by Crippen LogP contribution is 2.33. The van der Waals surface area contributed by atoms with Gasteiger partial charge in [0.1, 0.15) is 0 Å². The van der Waals surface area contributed by atoms with E-state index in [4.69, 9.17) is 4.98 Å². The maximum atomic E-state index is 12.6. The van der Waals surface area contributed by atoms with Crippen LogP contribution in [-0.4, -0.2) is 21.1 Å². The Bertz CT molecular complexity index is 1020. The fraction of sp³-hybridized carbons (Fsp3) is 0.0833. The van der Waals surface area contributed by atoms with Crippen molar-refractivity contribution in [1.29, 1.82) is 0 Å². The molecule has 0 aliphatic carbocycles. The van der Waals surface area contributed by atoms with Crippen molar-refractivity contribution >= 4 is 23.4 Å². The van der Waals surface area contributed by atoms with Gasteiger partial charge in [0.15, 0.2) is 5.16 Å². The number of carbonyl (C=O) groups is 1.